The van der Waals surface area contributed by atoms with Gasteiger partial charge in [0.15, 0.2) is 0 Å². The highest BCUT2D eigenvalue weighted by molar-refractivity contribution is 5.06. The number of nitrogens with one attached hydrogen (secondary N) is 1. The number of piperazine rings is 1. The molecule has 3 rings (SSSR count). The Morgan fingerprint density at radius 2 is 2.26 bits per heavy atom. The Hall–Kier alpha value is -0.940. The molecule has 2 aliphatic rings. The van der Waals surface area contributed by atoms with Crippen LogP contribution in [0.2, 0.25) is 0 Å². The molecule has 1 saturated carbocycles. The Labute approximate surface area is 115 Å². The van der Waals surface area contributed by atoms with Crippen molar-refractivity contribution in [2.45, 2.75) is 51.2 Å². The molecule has 106 valence electrons. The summed E-state index contributed by atoms with van der Waals surface area (Å²) < 4.78 is 1.79. The maximum Gasteiger partial charge on any atom is 0.0967 e. The topological polar surface area (TPSA) is 46.0 Å². The normalized spacial score (nSPS) is 32.7. The summed E-state index contributed by atoms with van der Waals surface area (Å²) in [6, 6.07) is 0.614. The SMILES string of the molecule is CCC1CN(Cc2cn(C)nn2)C(C)(C2CC2)CN1. The van der Waals surface area contributed by atoms with Gasteiger partial charge in [-0.1, -0.05) is 12.1 Å². The van der Waals surface area contributed by atoms with Gasteiger partial charge in [-0.3, -0.25) is 9.58 Å². The lowest BCUT2D eigenvalue weighted by Crippen LogP contribution is -2.63. The predicted molar refractivity (Wildman–Crippen MR) is 74.6 cm³/mol. The van der Waals surface area contributed by atoms with Gasteiger partial charge in [0.25, 0.3) is 0 Å². The Balaban J connectivity index is 1.76. The number of aromatic nitrogens is 3. The van der Waals surface area contributed by atoms with Crippen molar-refractivity contribution in [2.75, 3.05) is 13.1 Å². The van der Waals surface area contributed by atoms with Gasteiger partial charge in [0.2, 0.25) is 0 Å². The maximum atomic E-state index is 4.26. The standard InChI is InChI=1S/C14H25N5/c1-4-12-8-19(9-13-7-18(3)17-16-13)14(2,10-15-12)11-5-6-11/h7,11-12,15H,4-6,8-10H2,1-3H3. The molecule has 2 fully saturated rings. The van der Waals surface area contributed by atoms with Crippen molar-refractivity contribution in [1.29, 1.82) is 0 Å². The van der Waals surface area contributed by atoms with Gasteiger partial charge in [-0.05, 0) is 32.1 Å². The highest BCUT2D eigenvalue weighted by Crippen LogP contribution is 2.44. The molecule has 2 atom stereocenters. The molecule has 1 aliphatic heterocycles. The van der Waals surface area contributed by atoms with Gasteiger partial charge in [0.05, 0.1) is 5.69 Å². The first-order valence-electron chi connectivity index (χ1n) is 7.45. The summed E-state index contributed by atoms with van der Waals surface area (Å²) in [5, 5.41) is 12.0. The third-order valence-corrected chi connectivity index (χ3v) is 4.86. The summed E-state index contributed by atoms with van der Waals surface area (Å²) in [4.78, 5) is 2.64. The first kappa shape index (κ1) is 13.1. The van der Waals surface area contributed by atoms with Crippen LogP contribution < -0.4 is 5.32 Å². The first-order chi connectivity index (χ1) is 9.11. The summed E-state index contributed by atoms with van der Waals surface area (Å²) in [6.45, 7) is 7.84. The van der Waals surface area contributed by atoms with Crippen LogP contribution in [0.15, 0.2) is 6.20 Å². The van der Waals surface area contributed by atoms with E-state index in [0.29, 0.717) is 11.6 Å². The second kappa shape index (κ2) is 4.87. The summed E-state index contributed by atoms with van der Waals surface area (Å²) in [7, 11) is 1.93. The lowest BCUT2D eigenvalue weighted by molar-refractivity contribution is 0.0260. The Morgan fingerprint density at radius 3 is 2.84 bits per heavy atom. The van der Waals surface area contributed by atoms with Gasteiger partial charge >= 0.3 is 0 Å². The molecule has 19 heavy (non-hydrogen) atoms. The van der Waals surface area contributed by atoms with Gasteiger partial charge in [0, 0.05) is 44.5 Å². The molecule has 1 N–H and O–H groups in total. The molecular weight excluding hydrogens is 238 g/mol. The molecule has 1 saturated heterocycles. The van der Waals surface area contributed by atoms with Crippen molar-refractivity contribution in [3.63, 3.8) is 0 Å². The molecule has 5 heteroatoms. The molecule has 0 bridgehead atoms. The minimum absolute atomic E-state index is 0.295. The van der Waals surface area contributed by atoms with E-state index in [0.717, 1.165) is 31.2 Å². The third-order valence-electron chi connectivity index (χ3n) is 4.86. The molecule has 0 radical (unpaired) electrons. The Kier molecular flexibility index (Phi) is 3.35. The molecular formula is C14H25N5. The smallest absolute Gasteiger partial charge is 0.0967 e. The summed E-state index contributed by atoms with van der Waals surface area (Å²) >= 11 is 0. The van der Waals surface area contributed by atoms with Crippen LogP contribution in [0.25, 0.3) is 0 Å². The van der Waals surface area contributed by atoms with Crippen molar-refractivity contribution in [3.05, 3.63) is 11.9 Å². The maximum absolute atomic E-state index is 4.26. The highest BCUT2D eigenvalue weighted by Gasteiger charge is 2.48. The minimum atomic E-state index is 0.295. The zero-order valence-electron chi connectivity index (χ0n) is 12.3. The number of aryl methyl sites for hydroxylation is 1. The molecule has 1 aromatic heterocycles. The largest absolute Gasteiger partial charge is 0.311 e. The monoisotopic (exact) mass is 263 g/mol. The molecule has 5 nitrogen and oxygen atoms in total. The van der Waals surface area contributed by atoms with Crippen LogP contribution in [-0.4, -0.2) is 44.6 Å². The Morgan fingerprint density at radius 1 is 1.47 bits per heavy atom. The minimum Gasteiger partial charge on any atom is -0.311 e. The summed E-state index contributed by atoms with van der Waals surface area (Å²) in [5.41, 5.74) is 1.38. The fourth-order valence-electron chi connectivity index (χ4n) is 3.29. The first-order valence-corrected chi connectivity index (χ1v) is 7.45. The lowest BCUT2D eigenvalue weighted by atomic mass is 9.89. The van der Waals surface area contributed by atoms with E-state index in [2.05, 4.69) is 34.4 Å². The molecule has 0 amide bonds. The van der Waals surface area contributed by atoms with Crippen LogP contribution in [0.3, 0.4) is 0 Å². The predicted octanol–water partition coefficient (Wildman–Crippen LogP) is 1.17. The van der Waals surface area contributed by atoms with E-state index in [1.807, 2.05) is 13.2 Å². The van der Waals surface area contributed by atoms with E-state index in [-0.39, 0.29) is 0 Å². The van der Waals surface area contributed by atoms with E-state index >= 15 is 0 Å². The molecule has 1 aromatic rings. The van der Waals surface area contributed by atoms with Gasteiger partial charge in [-0.2, -0.15) is 0 Å². The highest BCUT2D eigenvalue weighted by atomic mass is 15.4. The van der Waals surface area contributed by atoms with Crippen LogP contribution in [0.1, 0.15) is 38.8 Å². The number of rotatable bonds is 4. The zero-order valence-corrected chi connectivity index (χ0v) is 12.3. The summed E-state index contributed by atoms with van der Waals surface area (Å²) in [5.74, 6) is 0.856. The van der Waals surface area contributed by atoms with Crippen molar-refractivity contribution in [3.8, 4) is 0 Å². The van der Waals surface area contributed by atoms with Crippen molar-refractivity contribution < 1.29 is 0 Å². The molecule has 2 heterocycles. The van der Waals surface area contributed by atoms with Crippen LogP contribution >= 0.6 is 0 Å². The third kappa shape index (κ3) is 2.54. The summed E-state index contributed by atoms with van der Waals surface area (Å²) in [6.07, 6.45) is 5.99. The fraction of sp³-hybridized carbons (Fsp3) is 0.857. The van der Waals surface area contributed by atoms with Crippen molar-refractivity contribution in [2.24, 2.45) is 13.0 Å². The average molecular weight is 263 g/mol. The van der Waals surface area contributed by atoms with Gasteiger partial charge in [0.1, 0.15) is 0 Å². The van der Waals surface area contributed by atoms with Crippen molar-refractivity contribution in [1.82, 2.24) is 25.2 Å². The van der Waals surface area contributed by atoms with Gasteiger partial charge in [-0.25, -0.2) is 0 Å². The Bertz CT molecular complexity index is 439. The van der Waals surface area contributed by atoms with E-state index in [9.17, 15) is 0 Å². The van der Waals surface area contributed by atoms with Crippen LogP contribution in [0.5, 0.6) is 0 Å². The quantitative estimate of drug-likeness (QED) is 0.886. The van der Waals surface area contributed by atoms with E-state index in [1.54, 1.807) is 4.68 Å². The van der Waals surface area contributed by atoms with Crippen molar-refractivity contribution >= 4 is 0 Å². The van der Waals surface area contributed by atoms with Gasteiger partial charge in [-0.15, -0.1) is 5.10 Å². The molecule has 0 spiro atoms. The van der Waals surface area contributed by atoms with Crippen LogP contribution in [0, 0.1) is 5.92 Å². The van der Waals surface area contributed by atoms with E-state index in [4.69, 9.17) is 0 Å². The van der Waals surface area contributed by atoms with Crippen LogP contribution in [0.4, 0.5) is 0 Å². The van der Waals surface area contributed by atoms with Gasteiger partial charge < -0.3 is 5.32 Å². The average Bonchev–Trinajstić information content (AvgIpc) is 3.17. The molecule has 0 aromatic carbocycles. The second-order valence-corrected chi connectivity index (χ2v) is 6.38. The lowest BCUT2D eigenvalue weighted by Gasteiger charge is -2.48. The molecule has 2 unspecified atom stereocenters. The van der Waals surface area contributed by atoms with Crippen LogP contribution in [-0.2, 0) is 13.6 Å². The second-order valence-electron chi connectivity index (χ2n) is 6.38. The number of hydrogen-bond acceptors (Lipinski definition) is 4. The number of nitrogens with zero attached hydrogens (tertiary/aromatic N) is 4. The zero-order chi connectivity index (χ0) is 13.5. The fourth-order valence-corrected chi connectivity index (χ4v) is 3.29. The van der Waals surface area contributed by atoms with E-state index in [1.165, 1.54) is 19.3 Å². The number of hydrogen-bond donors (Lipinski definition) is 1. The molecule has 1 aliphatic carbocycles. The van der Waals surface area contributed by atoms with E-state index < -0.39 is 0 Å².